The number of nitrogens with zero attached hydrogens (tertiary/aromatic N) is 3. The van der Waals surface area contributed by atoms with Crippen LogP contribution >= 0.6 is 0 Å². The van der Waals surface area contributed by atoms with Crippen LogP contribution in [0.25, 0.3) is 16.9 Å². The molecular formula is C33H32N3O8+. The van der Waals surface area contributed by atoms with Crippen molar-refractivity contribution in [2.75, 3.05) is 13.1 Å². The lowest BCUT2D eigenvalue weighted by Gasteiger charge is -2.34. The topological polar surface area (TPSA) is 134 Å². The lowest BCUT2D eigenvalue weighted by atomic mass is 9.92. The van der Waals surface area contributed by atoms with Crippen LogP contribution in [-0.4, -0.2) is 56.6 Å². The summed E-state index contributed by atoms with van der Waals surface area (Å²) in [5.74, 6) is -0.148. The average molecular weight is 599 g/mol. The maximum atomic E-state index is 13.1. The lowest BCUT2D eigenvalue weighted by Crippen LogP contribution is -2.60. The summed E-state index contributed by atoms with van der Waals surface area (Å²) < 4.78 is 16.8. The highest BCUT2D eigenvalue weighted by atomic mass is 16.6. The molecule has 11 heteroatoms. The highest BCUT2D eigenvalue weighted by Crippen LogP contribution is 2.36. The molecule has 0 aliphatic carbocycles. The van der Waals surface area contributed by atoms with Gasteiger partial charge in [-0.05, 0) is 60.2 Å². The molecule has 0 saturated carbocycles. The Morgan fingerprint density at radius 3 is 1.95 bits per heavy atom. The largest absolute Gasteiger partial charge is 0.527 e. The van der Waals surface area contributed by atoms with Gasteiger partial charge < -0.3 is 19.3 Å². The van der Waals surface area contributed by atoms with Gasteiger partial charge >= 0.3 is 24.1 Å². The van der Waals surface area contributed by atoms with Crippen molar-refractivity contribution in [3.63, 3.8) is 0 Å². The second kappa shape index (κ2) is 12.9. The number of benzene rings is 3. The van der Waals surface area contributed by atoms with Crippen LogP contribution in [0.15, 0.2) is 84.9 Å². The third-order valence-electron chi connectivity index (χ3n) is 7.54. The van der Waals surface area contributed by atoms with Crippen LogP contribution < -0.4 is 9.47 Å². The molecule has 1 saturated heterocycles. The van der Waals surface area contributed by atoms with Gasteiger partial charge in [-0.1, -0.05) is 30.3 Å². The molecule has 0 radical (unpaired) electrons. The average Bonchev–Trinajstić information content (AvgIpc) is 3.46. The predicted molar refractivity (Wildman–Crippen MR) is 158 cm³/mol. The molecule has 0 atom stereocenters. The Morgan fingerprint density at radius 2 is 1.41 bits per heavy atom. The van der Waals surface area contributed by atoms with Crippen molar-refractivity contribution in [2.45, 2.75) is 39.2 Å². The van der Waals surface area contributed by atoms with E-state index in [1.165, 1.54) is 13.8 Å². The highest BCUT2D eigenvalue weighted by Gasteiger charge is 2.50. The van der Waals surface area contributed by atoms with Crippen molar-refractivity contribution in [3.8, 4) is 28.4 Å². The summed E-state index contributed by atoms with van der Waals surface area (Å²) in [6, 6.07) is 25.0. The first-order chi connectivity index (χ1) is 21.1. The zero-order valence-corrected chi connectivity index (χ0v) is 24.3. The van der Waals surface area contributed by atoms with Crippen LogP contribution in [0.3, 0.4) is 0 Å². The van der Waals surface area contributed by atoms with Crippen molar-refractivity contribution in [2.24, 2.45) is 0 Å². The monoisotopic (exact) mass is 598 g/mol. The molecule has 3 aromatic carbocycles. The van der Waals surface area contributed by atoms with E-state index < -0.39 is 28.6 Å². The number of amides is 2. The summed E-state index contributed by atoms with van der Waals surface area (Å²) >= 11 is 0. The van der Waals surface area contributed by atoms with Crippen molar-refractivity contribution < 1.29 is 43.0 Å². The standard InChI is InChI=1S/C33H31N3O8/c1-22(37)43-28-12-8-26(9-13-28)31-20-30(34-35(31)27-10-14-29(15-11-27)44-23(2)38)25-16-18-36(19-17-25,32(39)40)33(41)42-21-24-6-4-3-5-7-24/h3-15,20,25H,16-19,21H2,1-2H3/p+1. The minimum absolute atomic E-state index is 0.00333. The maximum absolute atomic E-state index is 13.1. The van der Waals surface area contributed by atoms with Crippen molar-refractivity contribution >= 4 is 24.1 Å². The van der Waals surface area contributed by atoms with Gasteiger partial charge in [0.25, 0.3) is 0 Å². The molecule has 5 rings (SSSR count). The molecule has 1 N–H and O–H groups in total. The number of hydrogen-bond acceptors (Lipinski definition) is 8. The smallest absolute Gasteiger partial charge is 0.435 e. The Morgan fingerprint density at radius 1 is 0.841 bits per heavy atom. The van der Waals surface area contributed by atoms with Crippen LogP contribution in [-0.2, 0) is 20.9 Å². The number of likely N-dealkylation sites (tertiary alicyclic amines) is 1. The number of aromatic nitrogens is 2. The molecular weight excluding hydrogens is 566 g/mol. The second-order valence-corrected chi connectivity index (χ2v) is 10.6. The molecule has 2 heterocycles. The maximum Gasteiger partial charge on any atom is 0.527 e. The van der Waals surface area contributed by atoms with Crippen LogP contribution in [0.4, 0.5) is 9.59 Å². The van der Waals surface area contributed by atoms with E-state index in [9.17, 15) is 24.3 Å². The van der Waals surface area contributed by atoms with E-state index in [-0.39, 0.29) is 25.6 Å². The van der Waals surface area contributed by atoms with Crippen molar-refractivity contribution in [1.29, 1.82) is 0 Å². The Hall–Kier alpha value is -5.29. The van der Waals surface area contributed by atoms with Gasteiger partial charge in [-0.3, -0.25) is 9.59 Å². The van der Waals surface area contributed by atoms with Gasteiger partial charge in [-0.15, -0.1) is 4.48 Å². The van der Waals surface area contributed by atoms with Crippen LogP contribution in [0.1, 0.15) is 43.9 Å². The van der Waals surface area contributed by atoms with Gasteiger partial charge in [0, 0.05) is 38.2 Å². The van der Waals surface area contributed by atoms with E-state index in [0.29, 0.717) is 30.0 Å². The molecule has 226 valence electrons. The number of hydrogen-bond donors (Lipinski definition) is 1. The number of carboxylic acid groups (broad SMARTS) is 1. The number of esters is 2. The van der Waals surface area contributed by atoms with Gasteiger partial charge in [0.05, 0.1) is 17.1 Å². The van der Waals surface area contributed by atoms with Crippen LogP contribution in [0, 0.1) is 0 Å². The number of imide groups is 1. The Kier molecular flexibility index (Phi) is 8.86. The molecule has 1 aromatic heterocycles. The van der Waals surface area contributed by atoms with Gasteiger partial charge in [0.15, 0.2) is 0 Å². The van der Waals surface area contributed by atoms with Gasteiger partial charge in [-0.2, -0.15) is 14.7 Å². The van der Waals surface area contributed by atoms with Gasteiger partial charge in [0.2, 0.25) is 0 Å². The third-order valence-corrected chi connectivity index (χ3v) is 7.54. The normalized spacial score (nSPS) is 17.8. The van der Waals surface area contributed by atoms with Crippen molar-refractivity contribution in [3.05, 3.63) is 96.2 Å². The summed E-state index contributed by atoms with van der Waals surface area (Å²) in [5, 5.41) is 15.0. The summed E-state index contributed by atoms with van der Waals surface area (Å²) in [7, 11) is 0. The first-order valence-corrected chi connectivity index (χ1v) is 14.1. The fourth-order valence-corrected chi connectivity index (χ4v) is 5.28. The van der Waals surface area contributed by atoms with E-state index >= 15 is 0 Å². The summed E-state index contributed by atoms with van der Waals surface area (Å²) in [6.07, 6.45) is -1.22. The molecule has 4 aromatic rings. The van der Waals surface area contributed by atoms with Crippen LogP contribution in [0.5, 0.6) is 11.5 Å². The minimum atomic E-state index is -1.24. The highest BCUT2D eigenvalue weighted by molar-refractivity contribution is 5.75. The van der Waals surface area contributed by atoms with Gasteiger partial charge in [0.1, 0.15) is 31.2 Å². The quantitative estimate of drug-likeness (QED) is 0.152. The van der Waals surface area contributed by atoms with E-state index in [0.717, 1.165) is 22.5 Å². The van der Waals surface area contributed by atoms with E-state index in [4.69, 9.17) is 19.3 Å². The SMILES string of the molecule is CC(=O)Oc1ccc(-c2cc(C3CC[N+](C(=O)O)(C(=O)OCc4ccccc4)CC3)nn2-c2ccc(OC(C)=O)cc2)cc1. The first-order valence-electron chi connectivity index (χ1n) is 14.1. The summed E-state index contributed by atoms with van der Waals surface area (Å²) in [5.41, 5.74) is 3.79. The number of piperidine rings is 1. The molecule has 44 heavy (non-hydrogen) atoms. The molecule has 0 spiro atoms. The second-order valence-electron chi connectivity index (χ2n) is 10.6. The number of rotatable bonds is 7. The van der Waals surface area contributed by atoms with Gasteiger partial charge in [-0.25, -0.2) is 4.68 Å². The molecule has 1 aliphatic heterocycles. The molecule has 0 unspecified atom stereocenters. The molecule has 0 bridgehead atoms. The first kappa shape index (κ1) is 30.2. The Balaban J connectivity index is 1.40. The number of carbonyl (C=O) groups excluding carboxylic acids is 3. The zero-order valence-electron chi connectivity index (χ0n) is 24.3. The van der Waals surface area contributed by atoms with E-state index in [2.05, 4.69) is 0 Å². The summed E-state index contributed by atoms with van der Waals surface area (Å²) in [6.45, 7) is 2.78. The Bertz CT molecular complexity index is 1580. The molecule has 11 nitrogen and oxygen atoms in total. The number of carbonyl (C=O) groups is 4. The molecule has 1 fully saturated rings. The number of ether oxygens (including phenoxy) is 3. The molecule has 1 aliphatic rings. The number of quaternary nitrogens is 1. The fourth-order valence-electron chi connectivity index (χ4n) is 5.28. The molecule has 2 amide bonds. The lowest BCUT2D eigenvalue weighted by molar-refractivity contribution is -0.791. The van der Waals surface area contributed by atoms with E-state index in [1.807, 2.05) is 48.5 Å². The minimum Gasteiger partial charge on any atom is -0.435 e. The summed E-state index contributed by atoms with van der Waals surface area (Å²) in [4.78, 5) is 48.2. The predicted octanol–water partition coefficient (Wildman–Crippen LogP) is 6.10. The van der Waals surface area contributed by atoms with E-state index in [1.54, 1.807) is 41.1 Å². The van der Waals surface area contributed by atoms with Crippen LogP contribution in [0.2, 0.25) is 0 Å². The van der Waals surface area contributed by atoms with Crippen molar-refractivity contribution in [1.82, 2.24) is 9.78 Å². The Labute approximate surface area is 253 Å². The zero-order chi connectivity index (χ0) is 31.3. The fraction of sp³-hybridized carbons (Fsp3) is 0.242. The third kappa shape index (κ3) is 6.68.